The van der Waals surface area contributed by atoms with E-state index in [2.05, 4.69) is 15.3 Å². The molecule has 0 radical (unpaired) electrons. The summed E-state index contributed by atoms with van der Waals surface area (Å²) in [6.07, 6.45) is -2.75. The van der Waals surface area contributed by atoms with E-state index in [-0.39, 0.29) is 35.6 Å². The highest BCUT2D eigenvalue weighted by Gasteiger charge is 2.37. The van der Waals surface area contributed by atoms with E-state index in [1.165, 1.54) is 30.8 Å². The number of aromatic nitrogens is 3. The summed E-state index contributed by atoms with van der Waals surface area (Å²) < 4.78 is 41.6. The second-order valence-corrected chi connectivity index (χ2v) is 9.30. The Morgan fingerprint density at radius 1 is 1.22 bits per heavy atom. The molecule has 1 aliphatic heterocycles. The van der Waals surface area contributed by atoms with Gasteiger partial charge in [-0.25, -0.2) is 9.97 Å². The Bertz CT molecular complexity index is 1380. The number of rotatable bonds is 4. The predicted octanol–water partition coefficient (Wildman–Crippen LogP) is 3.66. The van der Waals surface area contributed by atoms with Crippen molar-refractivity contribution in [1.82, 2.24) is 19.4 Å². The van der Waals surface area contributed by atoms with E-state index < -0.39 is 28.9 Å². The second kappa shape index (κ2) is 9.20. The first-order valence-corrected chi connectivity index (χ1v) is 11.6. The van der Waals surface area contributed by atoms with E-state index >= 15 is 0 Å². The number of aliphatic hydroxyl groups is 1. The zero-order valence-corrected chi connectivity index (χ0v) is 20.5. The van der Waals surface area contributed by atoms with Crippen LogP contribution < -0.4 is 10.9 Å². The Balaban J connectivity index is 1.75. The Labute approximate surface area is 205 Å². The number of nitrogens with zero attached hydrogens (tertiary/aromatic N) is 4. The van der Waals surface area contributed by atoms with Gasteiger partial charge in [0.05, 0.1) is 22.7 Å². The van der Waals surface area contributed by atoms with Gasteiger partial charge in [-0.1, -0.05) is 12.1 Å². The molecule has 4 rings (SSSR count). The second-order valence-electron chi connectivity index (χ2n) is 9.30. The van der Waals surface area contributed by atoms with E-state index in [4.69, 9.17) is 0 Å². The number of nitrogens with one attached hydrogen (secondary N) is 1. The number of amides is 1. The lowest BCUT2D eigenvalue weighted by atomic mass is 9.87. The van der Waals surface area contributed by atoms with Crippen LogP contribution in [0.25, 0.3) is 10.9 Å². The molecule has 0 bridgehead atoms. The number of piperidine rings is 1. The molecule has 3 heterocycles. The first-order valence-electron chi connectivity index (χ1n) is 11.6. The number of halogens is 3. The summed E-state index contributed by atoms with van der Waals surface area (Å²) in [7, 11) is 1.55. The minimum absolute atomic E-state index is 0.0804. The monoisotopic (exact) mass is 503 g/mol. The van der Waals surface area contributed by atoms with Crippen molar-refractivity contribution < 1.29 is 23.1 Å². The van der Waals surface area contributed by atoms with Crippen LogP contribution >= 0.6 is 0 Å². The van der Waals surface area contributed by atoms with Crippen LogP contribution in [0.4, 0.5) is 19.0 Å². The molecule has 11 heteroatoms. The average Bonchev–Trinajstić information content (AvgIpc) is 2.81. The molecule has 1 fully saturated rings. The molecule has 8 nitrogen and oxygen atoms in total. The van der Waals surface area contributed by atoms with Gasteiger partial charge in [-0.05, 0) is 49.9 Å². The zero-order chi connectivity index (χ0) is 26.4. The van der Waals surface area contributed by atoms with E-state index in [0.717, 1.165) is 6.07 Å². The van der Waals surface area contributed by atoms with Crippen molar-refractivity contribution in [3.05, 3.63) is 63.3 Å². The largest absolute Gasteiger partial charge is 0.416 e. The third-order valence-corrected chi connectivity index (χ3v) is 7.05. The number of alkyl halides is 3. The number of likely N-dealkylation sites (tertiary alicyclic amines) is 1. The van der Waals surface area contributed by atoms with Gasteiger partial charge >= 0.3 is 6.18 Å². The fourth-order valence-corrected chi connectivity index (χ4v) is 4.93. The van der Waals surface area contributed by atoms with Gasteiger partial charge in [0.2, 0.25) is 5.91 Å². The minimum atomic E-state index is -4.48. The number of anilines is 1. The minimum Gasteiger partial charge on any atom is -0.383 e. The molecule has 1 aliphatic rings. The first kappa shape index (κ1) is 25.6. The van der Waals surface area contributed by atoms with Gasteiger partial charge in [0.15, 0.2) is 0 Å². The molecule has 0 unspecified atom stereocenters. The number of hydrogen-bond acceptors (Lipinski definition) is 6. The summed E-state index contributed by atoms with van der Waals surface area (Å²) in [6.45, 7) is 5.30. The molecule has 0 aliphatic carbocycles. The highest BCUT2D eigenvalue weighted by atomic mass is 19.4. The molecule has 2 aromatic heterocycles. The number of carbonyl (C=O) groups is 1. The normalized spacial score (nSPS) is 16.7. The van der Waals surface area contributed by atoms with Crippen molar-refractivity contribution in [3.8, 4) is 0 Å². The van der Waals surface area contributed by atoms with E-state index in [1.807, 2.05) is 0 Å². The maximum atomic E-state index is 13.4. The molecule has 1 saturated heterocycles. The number of carbonyl (C=O) groups excluding carboxylic acids is 1. The van der Waals surface area contributed by atoms with Crippen LogP contribution in [0.2, 0.25) is 0 Å². The standard InChI is InChI=1S/C25H28F3N5O3/c1-14-17(6-5-7-19(14)25(26,27)28)15(2)31-22-18-12-20(32(4)23(35)21(18)29-13-30-22)24(36)8-10-33(11-9-24)16(3)34/h5-7,12-13,15,36H,8-11H2,1-4H3,(H,29,30,31)/t15-/m1/s1. The van der Waals surface area contributed by atoms with Crippen LogP contribution in [0.1, 0.15) is 55.1 Å². The van der Waals surface area contributed by atoms with Gasteiger partial charge in [-0.15, -0.1) is 0 Å². The maximum absolute atomic E-state index is 13.4. The topological polar surface area (TPSA) is 100 Å². The molecule has 1 atom stereocenters. The first-order chi connectivity index (χ1) is 16.8. The summed E-state index contributed by atoms with van der Waals surface area (Å²) in [5.74, 6) is 0.191. The number of hydrogen-bond donors (Lipinski definition) is 2. The molecule has 192 valence electrons. The zero-order valence-electron chi connectivity index (χ0n) is 20.5. The quantitative estimate of drug-likeness (QED) is 0.564. The molecule has 1 aromatic carbocycles. The van der Waals surface area contributed by atoms with Crippen LogP contribution in [0.5, 0.6) is 0 Å². The molecule has 1 amide bonds. The van der Waals surface area contributed by atoms with Crippen LogP contribution in [0.3, 0.4) is 0 Å². The smallest absolute Gasteiger partial charge is 0.383 e. The molecule has 36 heavy (non-hydrogen) atoms. The number of pyridine rings is 1. The van der Waals surface area contributed by atoms with Crippen LogP contribution in [0.15, 0.2) is 35.4 Å². The van der Waals surface area contributed by atoms with Gasteiger partial charge < -0.3 is 19.9 Å². The van der Waals surface area contributed by atoms with E-state index in [9.17, 15) is 27.9 Å². The Morgan fingerprint density at radius 3 is 2.50 bits per heavy atom. The van der Waals surface area contributed by atoms with Gasteiger partial charge in [0.25, 0.3) is 5.56 Å². The van der Waals surface area contributed by atoms with E-state index in [1.54, 1.807) is 31.0 Å². The summed E-state index contributed by atoms with van der Waals surface area (Å²) >= 11 is 0. The summed E-state index contributed by atoms with van der Waals surface area (Å²) in [4.78, 5) is 34.9. The lowest BCUT2D eigenvalue weighted by molar-refractivity contribution is -0.138. The number of fused-ring (bicyclic) bond motifs is 1. The highest BCUT2D eigenvalue weighted by molar-refractivity contribution is 5.89. The van der Waals surface area contributed by atoms with E-state index in [0.29, 0.717) is 29.7 Å². The highest BCUT2D eigenvalue weighted by Crippen LogP contribution is 2.37. The maximum Gasteiger partial charge on any atom is 0.416 e. The van der Waals surface area contributed by atoms with Crippen molar-refractivity contribution in [2.45, 2.75) is 51.4 Å². The van der Waals surface area contributed by atoms with Crippen LogP contribution in [0, 0.1) is 6.92 Å². The van der Waals surface area contributed by atoms with Crippen molar-refractivity contribution in [2.75, 3.05) is 18.4 Å². The molecule has 3 aromatic rings. The van der Waals surface area contributed by atoms with Gasteiger partial charge in [-0.2, -0.15) is 13.2 Å². The van der Waals surface area contributed by atoms with Crippen molar-refractivity contribution >= 4 is 22.6 Å². The lowest BCUT2D eigenvalue weighted by Gasteiger charge is -2.38. The molecule has 0 saturated carbocycles. The predicted molar refractivity (Wildman–Crippen MR) is 128 cm³/mol. The lowest BCUT2D eigenvalue weighted by Crippen LogP contribution is -2.46. The summed E-state index contributed by atoms with van der Waals surface area (Å²) in [5, 5.41) is 14.9. The fourth-order valence-electron chi connectivity index (χ4n) is 4.93. The average molecular weight is 504 g/mol. The SMILES string of the molecule is CC(=O)N1CCC(O)(c2cc3c(N[C@H](C)c4cccc(C(F)(F)F)c4C)ncnc3c(=O)n2C)CC1. The molecule has 0 spiro atoms. The van der Waals surface area contributed by atoms with Gasteiger partial charge in [0.1, 0.15) is 23.3 Å². The Hall–Kier alpha value is -3.47. The Kier molecular flexibility index (Phi) is 6.54. The Morgan fingerprint density at radius 2 is 1.89 bits per heavy atom. The molecular formula is C25H28F3N5O3. The molecular weight excluding hydrogens is 475 g/mol. The van der Waals surface area contributed by atoms with Crippen molar-refractivity contribution in [1.29, 1.82) is 0 Å². The molecule has 2 N–H and O–H groups in total. The third kappa shape index (κ3) is 4.55. The van der Waals surface area contributed by atoms with Crippen molar-refractivity contribution in [2.24, 2.45) is 7.05 Å². The summed E-state index contributed by atoms with van der Waals surface area (Å²) in [6, 6.07) is 5.09. The van der Waals surface area contributed by atoms with Crippen LogP contribution in [-0.4, -0.2) is 43.5 Å². The summed E-state index contributed by atoms with van der Waals surface area (Å²) in [5.41, 5.74) is -1.46. The van der Waals surface area contributed by atoms with Crippen LogP contribution in [-0.2, 0) is 23.6 Å². The third-order valence-electron chi connectivity index (χ3n) is 7.05. The van der Waals surface area contributed by atoms with Gasteiger partial charge in [0, 0.05) is 27.1 Å². The fraction of sp³-hybridized carbons (Fsp3) is 0.440. The van der Waals surface area contributed by atoms with Crippen molar-refractivity contribution in [3.63, 3.8) is 0 Å². The number of benzene rings is 1. The van der Waals surface area contributed by atoms with Gasteiger partial charge in [-0.3, -0.25) is 9.59 Å².